The number of fused-ring (bicyclic) bond motifs is 2. The van der Waals surface area contributed by atoms with Gasteiger partial charge in [0.05, 0.1) is 22.4 Å². The van der Waals surface area contributed by atoms with Crippen molar-refractivity contribution in [3.05, 3.63) is 64.5 Å². The van der Waals surface area contributed by atoms with E-state index in [2.05, 4.69) is 0 Å². The van der Waals surface area contributed by atoms with Crippen LogP contribution in [0.3, 0.4) is 0 Å². The van der Waals surface area contributed by atoms with Crippen molar-refractivity contribution in [1.82, 2.24) is 4.90 Å². The molecule has 2 aromatic carbocycles. The molecule has 1 aliphatic heterocycles. The Bertz CT molecular complexity index is 1280. The summed E-state index contributed by atoms with van der Waals surface area (Å²) in [7, 11) is -3.55. The number of imide groups is 1. The second kappa shape index (κ2) is 8.18. The van der Waals surface area contributed by atoms with Gasteiger partial charge in [0.2, 0.25) is 0 Å². The Balaban J connectivity index is 1.70. The average molecular weight is 473 g/mol. The lowest BCUT2D eigenvalue weighted by Gasteiger charge is -2.24. The van der Waals surface area contributed by atoms with E-state index in [-0.39, 0.29) is 34.4 Å². The molecular formula is C23H20FNO7S. The van der Waals surface area contributed by atoms with Gasteiger partial charge in [-0.15, -0.1) is 0 Å². The van der Waals surface area contributed by atoms with Crippen LogP contribution in [0.2, 0.25) is 0 Å². The number of amides is 2. The summed E-state index contributed by atoms with van der Waals surface area (Å²) in [5.74, 6) is -4.66. The Morgan fingerprint density at radius 3 is 2.30 bits per heavy atom. The zero-order valence-electron chi connectivity index (χ0n) is 17.8. The molecule has 0 N–H and O–H groups in total. The molecule has 2 atom stereocenters. The van der Waals surface area contributed by atoms with E-state index in [0.717, 1.165) is 18.4 Å². The Kier molecular flexibility index (Phi) is 5.65. The summed E-state index contributed by atoms with van der Waals surface area (Å²) in [5.41, 5.74) is 0.261. The van der Waals surface area contributed by atoms with Gasteiger partial charge < -0.3 is 4.74 Å². The fourth-order valence-electron chi connectivity index (χ4n) is 4.26. The van der Waals surface area contributed by atoms with E-state index in [4.69, 9.17) is 4.74 Å². The Labute approximate surface area is 189 Å². The number of benzene rings is 2. The normalized spacial score (nSPS) is 18.3. The quantitative estimate of drug-likeness (QED) is 0.360. The van der Waals surface area contributed by atoms with Crippen molar-refractivity contribution in [2.75, 3.05) is 12.0 Å². The van der Waals surface area contributed by atoms with Crippen molar-refractivity contribution < 1.29 is 36.7 Å². The molecule has 2 aliphatic rings. The number of halogens is 1. The Morgan fingerprint density at radius 2 is 1.73 bits per heavy atom. The first-order chi connectivity index (χ1) is 15.5. The zero-order chi connectivity index (χ0) is 24.1. The Hall–Kier alpha value is -3.40. The van der Waals surface area contributed by atoms with Crippen LogP contribution in [0.1, 0.15) is 62.3 Å². The summed E-state index contributed by atoms with van der Waals surface area (Å²) < 4.78 is 43.2. The summed E-state index contributed by atoms with van der Waals surface area (Å²) in [6, 6.07) is 6.64. The van der Waals surface area contributed by atoms with Crippen LogP contribution < -0.4 is 4.74 Å². The van der Waals surface area contributed by atoms with Gasteiger partial charge in [0.15, 0.2) is 5.78 Å². The molecule has 0 aromatic heterocycles. The third kappa shape index (κ3) is 4.06. The largest absolute Gasteiger partial charge is 0.424 e. The van der Waals surface area contributed by atoms with Crippen LogP contribution in [0.5, 0.6) is 5.75 Å². The highest BCUT2D eigenvalue weighted by Crippen LogP contribution is 2.40. The summed E-state index contributed by atoms with van der Waals surface area (Å²) in [4.78, 5) is 52.1. The second-order valence-corrected chi connectivity index (χ2v) is 10.5. The van der Waals surface area contributed by atoms with Gasteiger partial charge in [0.1, 0.15) is 27.4 Å². The van der Waals surface area contributed by atoms with Crippen LogP contribution in [-0.4, -0.2) is 54.9 Å². The maximum absolute atomic E-state index is 14.3. The lowest BCUT2D eigenvalue weighted by molar-refractivity contribution is -0.138. The van der Waals surface area contributed by atoms with Gasteiger partial charge in [-0.25, -0.2) is 17.6 Å². The van der Waals surface area contributed by atoms with Crippen molar-refractivity contribution >= 4 is 33.4 Å². The van der Waals surface area contributed by atoms with Crippen molar-refractivity contribution in [3.63, 3.8) is 0 Å². The van der Waals surface area contributed by atoms with Crippen LogP contribution in [0.4, 0.5) is 4.39 Å². The van der Waals surface area contributed by atoms with Crippen molar-refractivity contribution in [2.24, 2.45) is 0 Å². The number of hydrogen-bond acceptors (Lipinski definition) is 7. The van der Waals surface area contributed by atoms with E-state index in [1.807, 2.05) is 0 Å². The fourth-order valence-corrected chi connectivity index (χ4v) is 4.91. The fraction of sp³-hybridized carbons (Fsp3) is 0.304. The highest BCUT2D eigenvalue weighted by Gasteiger charge is 2.44. The molecule has 0 fully saturated rings. The van der Waals surface area contributed by atoms with Gasteiger partial charge in [-0.05, 0) is 36.6 Å². The van der Waals surface area contributed by atoms with Gasteiger partial charge in [0, 0.05) is 18.2 Å². The van der Waals surface area contributed by atoms with Gasteiger partial charge in [-0.3, -0.25) is 19.3 Å². The monoisotopic (exact) mass is 473 g/mol. The lowest BCUT2D eigenvalue weighted by atomic mass is 10.0. The number of carbonyl (C=O) groups excluding carboxylic acids is 4. The number of Topliss-reactive ketones (excluding diaryl/α,β-unsaturated/α-hetero) is 1. The van der Waals surface area contributed by atoms with E-state index in [0.29, 0.717) is 4.90 Å². The predicted octanol–water partition coefficient (Wildman–Crippen LogP) is 2.52. The molecule has 10 heteroatoms. The van der Waals surface area contributed by atoms with E-state index < -0.39 is 63.4 Å². The Morgan fingerprint density at radius 1 is 1.12 bits per heavy atom. The van der Waals surface area contributed by atoms with Crippen LogP contribution >= 0.6 is 0 Å². The second-order valence-electron chi connectivity index (χ2n) is 8.24. The smallest absolute Gasteiger partial charge is 0.334 e. The molecule has 172 valence electrons. The first kappa shape index (κ1) is 22.8. The van der Waals surface area contributed by atoms with Gasteiger partial charge in [-0.1, -0.05) is 19.1 Å². The molecule has 33 heavy (non-hydrogen) atoms. The summed E-state index contributed by atoms with van der Waals surface area (Å²) in [5, 5.41) is 0. The molecule has 0 saturated carbocycles. The maximum atomic E-state index is 14.3. The molecule has 0 saturated heterocycles. The number of ketones is 1. The highest BCUT2D eigenvalue weighted by atomic mass is 32.2. The van der Waals surface area contributed by atoms with Crippen molar-refractivity contribution in [2.45, 2.75) is 31.7 Å². The van der Waals surface area contributed by atoms with Gasteiger partial charge in [0.25, 0.3) is 11.8 Å². The molecule has 1 heterocycles. The lowest BCUT2D eigenvalue weighted by Crippen LogP contribution is -2.47. The summed E-state index contributed by atoms with van der Waals surface area (Å²) in [6.45, 7) is 1.67. The minimum Gasteiger partial charge on any atom is -0.424 e. The number of nitrogens with zero attached hydrogens (tertiary/aromatic N) is 1. The van der Waals surface area contributed by atoms with Crippen molar-refractivity contribution in [3.8, 4) is 5.75 Å². The maximum Gasteiger partial charge on any atom is 0.334 e. The molecule has 2 aromatic rings. The molecule has 0 spiro atoms. The van der Waals surface area contributed by atoms with E-state index in [1.165, 1.54) is 12.1 Å². The van der Waals surface area contributed by atoms with Crippen LogP contribution in [0.15, 0.2) is 36.4 Å². The van der Waals surface area contributed by atoms with Crippen LogP contribution in [0, 0.1) is 5.82 Å². The van der Waals surface area contributed by atoms with E-state index in [1.54, 1.807) is 19.1 Å². The minimum absolute atomic E-state index is 0.0523. The number of esters is 1. The predicted molar refractivity (Wildman–Crippen MR) is 114 cm³/mol. The first-order valence-electron chi connectivity index (χ1n) is 10.2. The molecule has 8 nitrogen and oxygen atoms in total. The molecule has 1 aliphatic carbocycles. The molecule has 4 rings (SSSR count). The van der Waals surface area contributed by atoms with Crippen molar-refractivity contribution in [1.29, 1.82) is 0 Å². The number of ether oxygens (including phenoxy) is 1. The SMILES string of the molecule is CC1CC(=O)c2c(OC(=O)C(CCS(C)(=O)=O)N3C(=O)c4ccccc4C3=O)ccc(F)c21. The van der Waals surface area contributed by atoms with Gasteiger partial charge >= 0.3 is 5.97 Å². The highest BCUT2D eigenvalue weighted by molar-refractivity contribution is 7.90. The van der Waals surface area contributed by atoms with Crippen LogP contribution in [-0.2, 0) is 14.6 Å². The molecule has 0 bridgehead atoms. The molecule has 2 unspecified atom stereocenters. The zero-order valence-corrected chi connectivity index (χ0v) is 18.6. The third-order valence-electron chi connectivity index (χ3n) is 5.80. The standard InChI is InChI=1S/C23H20FNO7S/c1-12-11-17(26)20-18(8-7-15(24)19(12)20)32-23(29)16(9-10-33(2,30)31)25-21(27)13-5-3-4-6-14(13)22(25)28/h3-8,12,16H,9-11H2,1-2H3. The van der Waals surface area contributed by atoms with Crippen LogP contribution in [0.25, 0.3) is 0 Å². The molecular weight excluding hydrogens is 453 g/mol. The number of rotatable bonds is 6. The number of carbonyl (C=O) groups is 4. The van der Waals surface area contributed by atoms with E-state index >= 15 is 0 Å². The first-order valence-corrected chi connectivity index (χ1v) is 12.3. The molecule has 0 radical (unpaired) electrons. The number of hydrogen-bond donors (Lipinski definition) is 0. The average Bonchev–Trinajstić information content (AvgIpc) is 3.18. The topological polar surface area (TPSA) is 115 Å². The number of sulfone groups is 1. The molecule has 2 amide bonds. The summed E-state index contributed by atoms with van der Waals surface area (Å²) >= 11 is 0. The van der Waals surface area contributed by atoms with E-state index in [9.17, 15) is 32.0 Å². The van der Waals surface area contributed by atoms with Gasteiger partial charge in [-0.2, -0.15) is 0 Å². The minimum atomic E-state index is -3.55. The summed E-state index contributed by atoms with van der Waals surface area (Å²) in [6.07, 6.45) is 0.623. The third-order valence-corrected chi connectivity index (χ3v) is 6.78.